The first-order valence-electron chi connectivity index (χ1n) is 4.03. The first-order valence-corrected chi connectivity index (χ1v) is 4.03. The van der Waals surface area contributed by atoms with Crippen LogP contribution in [-0.4, -0.2) is 32.1 Å². The van der Waals surface area contributed by atoms with Crippen molar-refractivity contribution in [2.75, 3.05) is 26.2 Å². The lowest BCUT2D eigenvalue weighted by molar-refractivity contribution is -0.117. The number of hydrogen-bond acceptors (Lipinski definition) is 3. The highest BCUT2D eigenvalue weighted by Gasteiger charge is 1.98. The molecule has 0 aliphatic heterocycles. The Kier molecular flexibility index (Phi) is 6.32. The Morgan fingerprint density at radius 3 is 2.58 bits per heavy atom. The Bertz CT molecular complexity index is 156. The summed E-state index contributed by atoms with van der Waals surface area (Å²) in [5, 5.41) is 5.76. The van der Waals surface area contributed by atoms with Crippen LogP contribution in [0.15, 0.2) is 12.2 Å². The zero-order valence-corrected chi connectivity index (χ0v) is 7.52. The van der Waals surface area contributed by atoms with E-state index in [4.69, 9.17) is 5.73 Å². The van der Waals surface area contributed by atoms with Gasteiger partial charge in [0.2, 0.25) is 5.91 Å². The maximum absolute atomic E-state index is 10.9. The molecule has 4 heteroatoms. The fourth-order valence-corrected chi connectivity index (χ4v) is 0.642. The van der Waals surface area contributed by atoms with Crippen LogP contribution in [0.4, 0.5) is 0 Å². The largest absolute Gasteiger partial charge is 0.351 e. The lowest BCUT2D eigenvalue weighted by Crippen LogP contribution is -2.33. The average molecular weight is 171 g/mol. The van der Waals surface area contributed by atoms with Crippen molar-refractivity contribution in [3.63, 3.8) is 0 Å². The van der Waals surface area contributed by atoms with Gasteiger partial charge in [-0.25, -0.2) is 0 Å². The summed E-state index contributed by atoms with van der Waals surface area (Å²) in [6.45, 7) is 7.96. The van der Waals surface area contributed by atoms with E-state index in [9.17, 15) is 4.79 Å². The van der Waals surface area contributed by atoms with Crippen LogP contribution in [-0.2, 0) is 4.79 Å². The average Bonchev–Trinajstić information content (AvgIpc) is 2.03. The smallest absolute Gasteiger partial charge is 0.246 e. The molecule has 0 spiro atoms. The van der Waals surface area contributed by atoms with Gasteiger partial charge in [-0.15, -0.1) is 0 Å². The fourth-order valence-electron chi connectivity index (χ4n) is 0.642. The van der Waals surface area contributed by atoms with E-state index >= 15 is 0 Å². The second-order valence-electron chi connectivity index (χ2n) is 2.57. The summed E-state index contributed by atoms with van der Waals surface area (Å²) >= 11 is 0. The van der Waals surface area contributed by atoms with Crippen molar-refractivity contribution in [1.82, 2.24) is 10.6 Å². The molecule has 0 aliphatic carbocycles. The quantitative estimate of drug-likeness (QED) is 0.363. The van der Waals surface area contributed by atoms with Crippen molar-refractivity contribution in [3.05, 3.63) is 12.2 Å². The molecule has 0 aromatic rings. The number of amides is 1. The Balaban J connectivity index is 3.20. The van der Waals surface area contributed by atoms with Crippen molar-refractivity contribution in [2.45, 2.75) is 6.92 Å². The highest BCUT2D eigenvalue weighted by molar-refractivity contribution is 5.92. The van der Waals surface area contributed by atoms with Gasteiger partial charge in [-0.05, 0) is 6.92 Å². The van der Waals surface area contributed by atoms with Gasteiger partial charge in [0.1, 0.15) is 0 Å². The summed E-state index contributed by atoms with van der Waals surface area (Å²) in [5.41, 5.74) is 5.79. The van der Waals surface area contributed by atoms with Crippen LogP contribution in [0.1, 0.15) is 6.92 Å². The minimum absolute atomic E-state index is 0.0930. The normalized spacial score (nSPS) is 9.50. The molecule has 0 bridgehead atoms. The molecule has 0 rings (SSSR count). The summed E-state index contributed by atoms with van der Waals surface area (Å²) in [5.74, 6) is -0.0930. The SMILES string of the molecule is C=C(C)C(=O)NCCNCCN. The molecule has 0 unspecified atom stereocenters. The summed E-state index contributed by atoms with van der Waals surface area (Å²) in [4.78, 5) is 10.9. The van der Waals surface area contributed by atoms with Crippen LogP contribution in [0.2, 0.25) is 0 Å². The molecular weight excluding hydrogens is 154 g/mol. The molecule has 70 valence electrons. The van der Waals surface area contributed by atoms with Gasteiger partial charge in [0.05, 0.1) is 0 Å². The van der Waals surface area contributed by atoms with Crippen LogP contribution in [0.25, 0.3) is 0 Å². The Labute approximate surface area is 73.2 Å². The Hall–Kier alpha value is -0.870. The second kappa shape index (κ2) is 6.82. The molecule has 0 aliphatic rings. The topological polar surface area (TPSA) is 67.2 Å². The van der Waals surface area contributed by atoms with E-state index in [0.717, 1.165) is 13.1 Å². The van der Waals surface area contributed by atoms with Crippen molar-refractivity contribution in [3.8, 4) is 0 Å². The Morgan fingerprint density at radius 2 is 2.08 bits per heavy atom. The Morgan fingerprint density at radius 1 is 1.42 bits per heavy atom. The maximum Gasteiger partial charge on any atom is 0.246 e. The van der Waals surface area contributed by atoms with Crippen LogP contribution in [0.3, 0.4) is 0 Å². The number of carbonyl (C=O) groups is 1. The molecule has 0 atom stereocenters. The lowest BCUT2D eigenvalue weighted by atomic mass is 10.3. The minimum atomic E-state index is -0.0930. The molecule has 12 heavy (non-hydrogen) atoms. The van der Waals surface area contributed by atoms with Gasteiger partial charge in [-0.3, -0.25) is 4.79 Å². The fraction of sp³-hybridized carbons (Fsp3) is 0.625. The number of nitrogens with two attached hydrogens (primary N) is 1. The highest BCUT2D eigenvalue weighted by Crippen LogP contribution is 1.83. The molecule has 4 N–H and O–H groups in total. The first-order chi connectivity index (χ1) is 5.68. The van der Waals surface area contributed by atoms with Crippen LogP contribution < -0.4 is 16.4 Å². The predicted molar refractivity (Wildman–Crippen MR) is 49.7 cm³/mol. The third-order valence-electron chi connectivity index (χ3n) is 1.30. The molecule has 0 fully saturated rings. The number of hydrogen-bond donors (Lipinski definition) is 3. The zero-order chi connectivity index (χ0) is 9.40. The monoisotopic (exact) mass is 171 g/mol. The molecule has 1 amide bonds. The van der Waals surface area contributed by atoms with Crippen molar-refractivity contribution < 1.29 is 4.79 Å². The van der Waals surface area contributed by atoms with Gasteiger partial charge in [-0.1, -0.05) is 6.58 Å². The van der Waals surface area contributed by atoms with E-state index in [0.29, 0.717) is 18.7 Å². The van der Waals surface area contributed by atoms with Crippen LogP contribution in [0, 0.1) is 0 Å². The van der Waals surface area contributed by atoms with Crippen molar-refractivity contribution in [2.24, 2.45) is 5.73 Å². The van der Waals surface area contributed by atoms with Crippen molar-refractivity contribution >= 4 is 5.91 Å². The third-order valence-corrected chi connectivity index (χ3v) is 1.30. The van der Waals surface area contributed by atoms with Crippen molar-refractivity contribution in [1.29, 1.82) is 0 Å². The zero-order valence-electron chi connectivity index (χ0n) is 7.52. The molecule has 0 aromatic carbocycles. The standard InChI is InChI=1S/C8H17N3O/c1-7(2)8(12)11-6-5-10-4-3-9/h10H,1,3-6,9H2,2H3,(H,11,12). The summed E-state index contributed by atoms with van der Waals surface area (Å²) in [6.07, 6.45) is 0. The van der Waals surface area contributed by atoms with E-state index in [-0.39, 0.29) is 5.91 Å². The molecule has 4 nitrogen and oxygen atoms in total. The van der Waals surface area contributed by atoms with Crippen LogP contribution >= 0.6 is 0 Å². The predicted octanol–water partition coefficient (Wildman–Crippen LogP) is -0.773. The first kappa shape index (κ1) is 11.1. The van der Waals surface area contributed by atoms with E-state index < -0.39 is 0 Å². The van der Waals surface area contributed by atoms with E-state index in [2.05, 4.69) is 17.2 Å². The molecule has 0 aromatic heterocycles. The molecule has 0 heterocycles. The minimum Gasteiger partial charge on any atom is -0.351 e. The van der Waals surface area contributed by atoms with Gasteiger partial charge >= 0.3 is 0 Å². The summed E-state index contributed by atoms with van der Waals surface area (Å²) in [6, 6.07) is 0. The number of rotatable bonds is 6. The van der Waals surface area contributed by atoms with Gasteiger partial charge in [-0.2, -0.15) is 0 Å². The third kappa shape index (κ3) is 5.88. The van der Waals surface area contributed by atoms with E-state index in [1.54, 1.807) is 6.92 Å². The molecule has 0 radical (unpaired) electrons. The van der Waals surface area contributed by atoms with Crippen LogP contribution in [0.5, 0.6) is 0 Å². The maximum atomic E-state index is 10.9. The van der Waals surface area contributed by atoms with Gasteiger partial charge in [0, 0.05) is 31.8 Å². The van der Waals surface area contributed by atoms with E-state index in [1.807, 2.05) is 0 Å². The highest BCUT2D eigenvalue weighted by atomic mass is 16.1. The summed E-state index contributed by atoms with van der Waals surface area (Å²) < 4.78 is 0. The second-order valence-corrected chi connectivity index (χ2v) is 2.57. The summed E-state index contributed by atoms with van der Waals surface area (Å²) in [7, 11) is 0. The lowest BCUT2D eigenvalue weighted by Gasteiger charge is -2.04. The molecule has 0 saturated carbocycles. The number of carbonyl (C=O) groups excluding carboxylic acids is 1. The van der Waals surface area contributed by atoms with Gasteiger partial charge < -0.3 is 16.4 Å². The number of nitrogens with one attached hydrogen (secondary N) is 2. The van der Waals surface area contributed by atoms with Gasteiger partial charge in [0.15, 0.2) is 0 Å². The molecule has 0 saturated heterocycles. The van der Waals surface area contributed by atoms with E-state index in [1.165, 1.54) is 0 Å². The molecular formula is C8H17N3O. The van der Waals surface area contributed by atoms with Gasteiger partial charge in [0.25, 0.3) is 0 Å².